The van der Waals surface area contributed by atoms with Crippen LogP contribution in [0.15, 0.2) is 78.9 Å². The van der Waals surface area contributed by atoms with Gasteiger partial charge in [0, 0.05) is 31.9 Å². The first-order chi connectivity index (χ1) is 18.9. The van der Waals surface area contributed by atoms with E-state index >= 15 is 0 Å². The van der Waals surface area contributed by atoms with E-state index in [9.17, 15) is 14.7 Å². The minimum atomic E-state index is -0.980. The lowest BCUT2D eigenvalue weighted by Gasteiger charge is -2.23. The van der Waals surface area contributed by atoms with Crippen molar-refractivity contribution in [1.29, 1.82) is 0 Å². The number of anilines is 1. The van der Waals surface area contributed by atoms with Gasteiger partial charge in [0.2, 0.25) is 0 Å². The van der Waals surface area contributed by atoms with Gasteiger partial charge in [0.25, 0.3) is 0 Å². The molecule has 0 saturated carbocycles. The van der Waals surface area contributed by atoms with E-state index in [1.54, 1.807) is 24.0 Å². The Morgan fingerprint density at radius 1 is 0.897 bits per heavy atom. The van der Waals surface area contributed by atoms with Gasteiger partial charge in [0.15, 0.2) is 6.10 Å². The molecule has 2 amide bonds. The molecule has 39 heavy (non-hydrogen) atoms. The number of aryl methyl sites for hydroxylation is 1. The summed E-state index contributed by atoms with van der Waals surface area (Å²) in [7, 11) is 0. The van der Waals surface area contributed by atoms with Gasteiger partial charge in [-0.15, -0.1) is 0 Å². The highest BCUT2D eigenvalue weighted by molar-refractivity contribution is 5.89. The summed E-state index contributed by atoms with van der Waals surface area (Å²) < 4.78 is 17.0. The topological polar surface area (TPSA) is 97.3 Å². The van der Waals surface area contributed by atoms with Crippen LogP contribution in [0.25, 0.3) is 0 Å². The Bertz CT molecular complexity index is 1140. The van der Waals surface area contributed by atoms with Crippen molar-refractivity contribution in [1.82, 2.24) is 4.90 Å². The molecule has 3 aromatic carbocycles. The lowest BCUT2D eigenvalue weighted by molar-refractivity contribution is -0.149. The summed E-state index contributed by atoms with van der Waals surface area (Å²) >= 11 is 0. The Hall–Kier alpha value is -3.88. The van der Waals surface area contributed by atoms with Crippen LogP contribution in [-0.2, 0) is 27.3 Å². The number of nitrogens with zero attached hydrogens (tertiary/aromatic N) is 1. The second-order valence-corrected chi connectivity index (χ2v) is 9.15. The number of aliphatic carboxylic acids is 1. The highest BCUT2D eigenvalue weighted by Gasteiger charge is 2.18. The van der Waals surface area contributed by atoms with Gasteiger partial charge in [-0.1, -0.05) is 60.2 Å². The van der Waals surface area contributed by atoms with E-state index in [2.05, 4.69) is 5.32 Å². The minimum Gasteiger partial charge on any atom is -0.492 e. The largest absolute Gasteiger partial charge is 0.492 e. The number of urea groups is 1. The first kappa shape index (κ1) is 29.7. The van der Waals surface area contributed by atoms with Crippen LogP contribution in [0.2, 0.25) is 0 Å². The van der Waals surface area contributed by atoms with Crippen molar-refractivity contribution in [2.75, 3.05) is 38.2 Å². The van der Waals surface area contributed by atoms with E-state index in [0.29, 0.717) is 51.7 Å². The Kier molecular flexibility index (Phi) is 12.3. The molecule has 2 N–H and O–H groups in total. The molecule has 0 aliphatic carbocycles. The molecule has 0 spiro atoms. The highest BCUT2D eigenvalue weighted by atomic mass is 16.5. The summed E-state index contributed by atoms with van der Waals surface area (Å²) in [5.74, 6) is -0.334. The SMILES string of the molecule is CCOC(Cc1ccc(OCCN(CCCOCc2ccccc2)C(=O)Nc2ccc(C)cc2)cc1)C(=O)O. The molecule has 0 aliphatic rings. The van der Waals surface area contributed by atoms with Crippen LogP contribution in [0.5, 0.6) is 5.75 Å². The average molecular weight is 535 g/mol. The van der Waals surface area contributed by atoms with Gasteiger partial charge in [0.1, 0.15) is 12.4 Å². The lowest BCUT2D eigenvalue weighted by atomic mass is 10.1. The second kappa shape index (κ2) is 16.2. The van der Waals surface area contributed by atoms with Crippen molar-refractivity contribution in [2.45, 2.75) is 39.4 Å². The molecule has 3 rings (SSSR count). The standard InChI is InChI=1S/C31H38N2O6/c1-3-38-29(30(34)35)22-25-12-16-28(17-13-25)39-21-19-33(31(36)32-27-14-10-24(2)11-15-27)18-7-20-37-23-26-8-5-4-6-9-26/h4-6,8-17,29H,3,7,18-23H2,1-2H3,(H,32,36)(H,34,35). The first-order valence-corrected chi connectivity index (χ1v) is 13.2. The summed E-state index contributed by atoms with van der Waals surface area (Å²) in [5, 5.41) is 12.2. The van der Waals surface area contributed by atoms with Crippen molar-refractivity contribution >= 4 is 17.7 Å². The number of carbonyl (C=O) groups excluding carboxylic acids is 1. The monoisotopic (exact) mass is 534 g/mol. The van der Waals surface area contributed by atoms with Crippen LogP contribution in [0, 0.1) is 6.92 Å². The van der Waals surface area contributed by atoms with Gasteiger partial charge in [-0.05, 0) is 55.7 Å². The quantitative estimate of drug-likeness (QED) is 0.234. The maximum Gasteiger partial charge on any atom is 0.333 e. The lowest BCUT2D eigenvalue weighted by Crippen LogP contribution is -2.39. The molecule has 8 nitrogen and oxygen atoms in total. The van der Waals surface area contributed by atoms with E-state index in [-0.39, 0.29) is 12.5 Å². The molecule has 0 radical (unpaired) electrons. The maximum absolute atomic E-state index is 13.0. The first-order valence-electron chi connectivity index (χ1n) is 13.2. The molecule has 1 atom stereocenters. The van der Waals surface area contributed by atoms with Gasteiger partial charge in [-0.3, -0.25) is 0 Å². The van der Waals surface area contributed by atoms with Crippen molar-refractivity contribution in [3.63, 3.8) is 0 Å². The third kappa shape index (κ3) is 10.8. The Balaban J connectivity index is 1.50. The number of nitrogens with one attached hydrogen (secondary N) is 1. The molecular weight excluding hydrogens is 496 g/mol. The smallest absolute Gasteiger partial charge is 0.333 e. The van der Waals surface area contributed by atoms with Crippen LogP contribution >= 0.6 is 0 Å². The summed E-state index contributed by atoms with van der Waals surface area (Å²) in [6.45, 7) is 6.40. The van der Waals surface area contributed by atoms with Crippen LogP contribution in [0.1, 0.15) is 30.0 Å². The molecule has 0 aromatic heterocycles. The molecule has 0 aliphatic heterocycles. The van der Waals surface area contributed by atoms with Gasteiger partial charge in [-0.2, -0.15) is 0 Å². The van der Waals surface area contributed by atoms with Gasteiger partial charge in [0.05, 0.1) is 13.2 Å². The summed E-state index contributed by atoms with van der Waals surface area (Å²) in [6.07, 6.45) is 0.0925. The zero-order valence-corrected chi connectivity index (χ0v) is 22.7. The molecule has 3 aromatic rings. The predicted octanol–water partition coefficient (Wildman–Crippen LogP) is 5.55. The van der Waals surface area contributed by atoms with Crippen molar-refractivity contribution < 1.29 is 28.9 Å². The fourth-order valence-corrected chi connectivity index (χ4v) is 3.90. The van der Waals surface area contributed by atoms with Gasteiger partial charge < -0.3 is 29.5 Å². The molecular formula is C31H38N2O6. The zero-order valence-electron chi connectivity index (χ0n) is 22.7. The molecule has 0 fully saturated rings. The van der Waals surface area contributed by atoms with E-state index in [4.69, 9.17) is 14.2 Å². The number of benzene rings is 3. The Labute approximate surface area is 230 Å². The predicted molar refractivity (Wildman–Crippen MR) is 151 cm³/mol. The number of carboxylic acid groups (broad SMARTS) is 1. The Morgan fingerprint density at radius 2 is 1.62 bits per heavy atom. The second-order valence-electron chi connectivity index (χ2n) is 9.15. The number of carbonyl (C=O) groups is 2. The molecule has 208 valence electrons. The third-order valence-electron chi connectivity index (χ3n) is 6.04. The molecule has 1 unspecified atom stereocenters. The summed E-state index contributed by atoms with van der Waals surface area (Å²) in [4.78, 5) is 26.1. The molecule has 0 bridgehead atoms. The zero-order chi connectivity index (χ0) is 27.9. The molecule has 0 saturated heterocycles. The third-order valence-corrected chi connectivity index (χ3v) is 6.04. The molecule has 8 heteroatoms. The van der Waals surface area contributed by atoms with Crippen LogP contribution in [0.4, 0.5) is 10.5 Å². The van der Waals surface area contributed by atoms with E-state index in [1.165, 1.54) is 0 Å². The van der Waals surface area contributed by atoms with Crippen molar-refractivity contribution in [3.8, 4) is 5.75 Å². The summed E-state index contributed by atoms with van der Waals surface area (Å²) in [6, 6.07) is 24.7. The van der Waals surface area contributed by atoms with E-state index in [1.807, 2.05) is 73.7 Å². The number of hydrogen-bond donors (Lipinski definition) is 2. The number of ether oxygens (including phenoxy) is 3. The number of rotatable bonds is 16. The van der Waals surface area contributed by atoms with Crippen LogP contribution < -0.4 is 10.1 Å². The minimum absolute atomic E-state index is 0.198. The normalized spacial score (nSPS) is 11.5. The highest BCUT2D eigenvalue weighted by Crippen LogP contribution is 2.15. The Morgan fingerprint density at radius 3 is 2.28 bits per heavy atom. The number of hydrogen-bond acceptors (Lipinski definition) is 5. The van der Waals surface area contributed by atoms with Gasteiger partial charge >= 0.3 is 12.0 Å². The van der Waals surface area contributed by atoms with Gasteiger partial charge in [-0.25, -0.2) is 9.59 Å². The fourth-order valence-electron chi connectivity index (χ4n) is 3.90. The van der Waals surface area contributed by atoms with Crippen LogP contribution in [0.3, 0.4) is 0 Å². The number of carboxylic acids is 1. The molecule has 0 heterocycles. The number of amides is 2. The summed E-state index contributed by atoms with van der Waals surface area (Å²) in [5.41, 5.74) is 3.82. The average Bonchev–Trinajstić information content (AvgIpc) is 2.94. The van der Waals surface area contributed by atoms with E-state index in [0.717, 1.165) is 22.4 Å². The van der Waals surface area contributed by atoms with Crippen LogP contribution in [-0.4, -0.2) is 61.0 Å². The van der Waals surface area contributed by atoms with E-state index < -0.39 is 12.1 Å². The fraction of sp³-hybridized carbons (Fsp3) is 0.355. The van der Waals surface area contributed by atoms with Crippen molar-refractivity contribution in [3.05, 3.63) is 95.6 Å². The van der Waals surface area contributed by atoms with Crippen molar-refractivity contribution in [2.24, 2.45) is 0 Å². The maximum atomic E-state index is 13.0.